The minimum Gasteiger partial charge on any atom is -0.448 e. The number of carbonyl (C=O) groups is 1. The number of rotatable bonds is 2. The number of nitrogens with zero attached hydrogens (tertiary/aromatic N) is 1. The van der Waals surface area contributed by atoms with Gasteiger partial charge in [0.1, 0.15) is 0 Å². The number of terminal acetylenes is 1. The van der Waals surface area contributed by atoms with Gasteiger partial charge in [0.25, 0.3) is 0 Å². The lowest BCUT2D eigenvalue weighted by atomic mass is 10.3. The Morgan fingerprint density at radius 1 is 1.56 bits per heavy atom. The molecule has 16 heavy (non-hydrogen) atoms. The van der Waals surface area contributed by atoms with E-state index in [1.54, 1.807) is 19.1 Å². The molecule has 0 saturated heterocycles. The van der Waals surface area contributed by atoms with Gasteiger partial charge in [0, 0.05) is 5.69 Å². The van der Waals surface area contributed by atoms with Gasteiger partial charge in [-0.3, -0.25) is 0 Å². The van der Waals surface area contributed by atoms with Gasteiger partial charge >= 0.3 is 5.97 Å². The average molecular weight is 240 g/mol. The Morgan fingerprint density at radius 3 is 2.75 bits per heavy atom. The smallest absolute Gasteiger partial charge is 0.359 e. The minimum atomic E-state index is -0.600. The van der Waals surface area contributed by atoms with Gasteiger partial charge in [-0.15, -0.1) is 6.42 Å². The highest BCUT2D eigenvalue weighted by molar-refractivity contribution is 6.33. The predicted molar refractivity (Wildman–Crippen MR) is 64.4 cm³/mol. The van der Waals surface area contributed by atoms with Crippen LogP contribution >= 0.6 is 11.6 Å². The van der Waals surface area contributed by atoms with Crippen LogP contribution in [0.5, 0.6) is 0 Å². The maximum Gasteiger partial charge on any atom is 0.359 e. The third kappa shape index (κ3) is 4.33. The Bertz CT molecular complexity index is 396. The van der Waals surface area contributed by atoms with Crippen molar-refractivity contribution in [2.75, 3.05) is 6.61 Å². The Morgan fingerprint density at radius 2 is 2.19 bits per heavy atom. The number of hydrogen-bond donors (Lipinski definition) is 0. The molecule has 0 N–H and O–H groups in total. The van der Waals surface area contributed by atoms with E-state index in [1.807, 2.05) is 13.8 Å². The molecule has 0 atom stereocenters. The lowest BCUT2D eigenvalue weighted by Gasteiger charge is -2.02. The predicted octanol–water partition coefficient (Wildman–Crippen LogP) is 2.86. The Hall–Kier alpha value is -1.53. The van der Waals surface area contributed by atoms with Crippen LogP contribution in [0.3, 0.4) is 0 Å². The van der Waals surface area contributed by atoms with Crippen molar-refractivity contribution in [2.24, 2.45) is 0 Å². The molecule has 0 amide bonds. The Kier molecular flexibility index (Phi) is 6.98. The highest BCUT2D eigenvalue weighted by atomic mass is 35.5. The molecule has 0 unspecified atom stereocenters. The number of pyridine rings is 1. The number of hydrogen-bond acceptors (Lipinski definition) is 3. The summed E-state index contributed by atoms with van der Waals surface area (Å²) >= 11 is 5.76. The van der Waals surface area contributed by atoms with Crippen LogP contribution in [-0.4, -0.2) is 17.6 Å². The van der Waals surface area contributed by atoms with Crippen LogP contribution < -0.4 is 0 Å². The van der Waals surface area contributed by atoms with E-state index in [-0.39, 0.29) is 17.3 Å². The number of halogens is 1. The van der Waals surface area contributed by atoms with Gasteiger partial charge in [-0.25, -0.2) is 9.78 Å². The van der Waals surface area contributed by atoms with Gasteiger partial charge in [-0.2, -0.15) is 0 Å². The third-order valence-corrected chi connectivity index (χ3v) is 1.77. The molecule has 0 aromatic carbocycles. The monoisotopic (exact) mass is 239 g/mol. The van der Waals surface area contributed by atoms with Gasteiger partial charge in [0.2, 0.25) is 0 Å². The summed E-state index contributed by atoms with van der Waals surface area (Å²) in [4.78, 5) is 15.3. The summed E-state index contributed by atoms with van der Waals surface area (Å²) in [6, 6.07) is 3.30. The van der Waals surface area contributed by atoms with Crippen molar-refractivity contribution in [3.05, 3.63) is 28.5 Å². The molecule has 0 radical (unpaired) electrons. The van der Waals surface area contributed by atoms with Gasteiger partial charge < -0.3 is 4.74 Å². The minimum absolute atomic E-state index is 0.0786. The standard InChI is InChI=1S/C10H8ClNO2.C2H6/c1-3-6-14-10(13)9-8(11)5-4-7(2)12-9;1-2/h1,4-5H,6H2,2H3;1-2H3. The lowest BCUT2D eigenvalue weighted by molar-refractivity contribution is 0.0550. The molecule has 0 aliphatic rings. The first-order valence-electron chi connectivity index (χ1n) is 4.89. The molecule has 4 heteroatoms. The Labute approximate surface area is 101 Å². The molecule has 86 valence electrons. The van der Waals surface area contributed by atoms with Crippen LogP contribution in [0.15, 0.2) is 12.1 Å². The van der Waals surface area contributed by atoms with Crippen molar-refractivity contribution in [1.29, 1.82) is 0 Å². The van der Waals surface area contributed by atoms with Gasteiger partial charge in [-0.1, -0.05) is 31.4 Å². The molecule has 0 aliphatic heterocycles. The molecule has 1 heterocycles. The fourth-order valence-corrected chi connectivity index (χ4v) is 1.04. The topological polar surface area (TPSA) is 39.2 Å². The van der Waals surface area contributed by atoms with E-state index in [2.05, 4.69) is 10.9 Å². The average Bonchev–Trinajstić information content (AvgIpc) is 2.31. The van der Waals surface area contributed by atoms with Crippen LogP contribution in [0.4, 0.5) is 0 Å². The molecule has 1 aromatic rings. The highest BCUT2D eigenvalue weighted by Crippen LogP contribution is 2.14. The third-order valence-electron chi connectivity index (χ3n) is 1.47. The lowest BCUT2D eigenvalue weighted by Crippen LogP contribution is -2.09. The van der Waals surface area contributed by atoms with E-state index >= 15 is 0 Å². The molecule has 0 spiro atoms. The second kappa shape index (κ2) is 7.72. The first-order chi connectivity index (χ1) is 7.65. The quantitative estimate of drug-likeness (QED) is 0.589. The zero-order valence-corrected chi connectivity index (χ0v) is 10.3. The van der Waals surface area contributed by atoms with E-state index in [1.165, 1.54) is 0 Å². The summed E-state index contributed by atoms with van der Waals surface area (Å²) < 4.78 is 4.69. The largest absolute Gasteiger partial charge is 0.448 e. The molecule has 3 nitrogen and oxygen atoms in total. The molecule has 0 bridgehead atoms. The van der Waals surface area contributed by atoms with Crippen molar-refractivity contribution < 1.29 is 9.53 Å². The molecule has 0 aliphatic carbocycles. The summed E-state index contributed by atoms with van der Waals surface area (Å²) in [5.41, 5.74) is 0.795. The number of esters is 1. The first-order valence-corrected chi connectivity index (χ1v) is 5.26. The van der Waals surface area contributed by atoms with Crippen molar-refractivity contribution in [3.8, 4) is 12.3 Å². The molecule has 0 saturated carbocycles. The maximum absolute atomic E-state index is 11.3. The SMILES string of the molecule is C#CCOC(=O)c1nc(C)ccc1Cl.CC. The molecular weight excluding hydrogens is 226 g/mol. The Balaban J connectivity index is 0.00000106. The van der Waals surface area contributed by atoms with Crippen LogP contribution in [0.25, 0.3) is 0 Å². The summed E-state index contributed by atoms with van der Waals surface area (Å²) in [5, 5.41) is 0.262. The van der Waals surface area contributed by atoms with Crippen molar-refractivity contribution in [2.45, 2.75) is 20.8 Å². The second-order valence-electron chi connectivity index (χ2n) is 2.56. The van der Waals surface area contributed by atoms with Gasteiger partial charge in [-0.05, 0) is 19.1 Å². The maximum atomic E-state index is 11.3. The van der Waals surface area contributed by atoms with Crippen LogP contribution in [-0.2, 0) is 4.74 Å². The van der Waals surface area contributed by atoms with E-state index in [0.717, 1.165) is 0 Å². The molecule has 0 fully saturated rings. The van der Waals surface area contributed by atoms with Crippen LogP contribution in [0, 0.1) is 19.3 Å². The fraction of sp³-hybridized carbons (Fsp3) is 0.333. The molecule has 1 aromatic heterocycles. The second-order valence-corrected chi connectivity index (χ2v) is 2.97. The fourth-order valence-electron chi connectivity index (χ4n) is 0.858. The molecule has 1 rings (SSSR count). The number of ether oxygens (including phenoxy) is 1. The van der Waals surface area contributed by atoms with E-state index in [4.69, 9.17) is 22.8 Å². The zero-order valence-electron chi connectivity index (χ0n) is 9.58. The summed E-state index contributed by atoms with van der Waals surface area (Å²) in [6.45, 7) is 5.68. The van der Waals surface area contributed by atoms with E-state index in [9.17, 15) is 4.79 Å². The molecular formula is C12H14ClNO2. The van der Waals surface area contributed by atoms with Gasteiger partial charge in [0.15, 0.2) is 12.3 Å². The first kappa shape index (κ1) is 14.5. The summed E-state index contributed by atoms with van der Waals surface area (Å²) in [6.07, 6.45) is 4.94. The van der Waals surface area contributed by atoms with Gasteiger partial charge in [0.05, 0.1) is 5.02 Å². The number of aryl methyl sites for hydroxylation is 1. The zero-order chi connectivity index (χ0) is 12.6. The van der Waals surface area contributed by atoms with Crippen molar-refractivity contribution >= 4 is 17.6 Å². The number of aromatic nitrogens is 1. The van der Waals surface area contributed by atoms with Crippen LogP contribution in [0.1, 0.15) is 30.0 Å². The highest BCUT2D eigenvalue weighted by Gasteiger charge is 2.13. The van der Waals surface area contributed by atoms with Crippen LogP contribution in [0.2, 0.25) is 5.02 Å². The van der Waals surface area contributed by atoms with Crippen molar-refractivity contribution in [3.63, 3.8) is 0 Å². The van der Waals surface area contributed by atoms with E-state index < -0.39 is 5.97 Å². The summed E-state index contributed by atoms with van der Waals surface area (Å²) in [5.74, 6) is 1.59. The van der Waals surface area contributed by atoms with Crippen molar-refractivity contribution in [1.82, 2.24) is 4.98 Å². The summed E-state index contributed by atoms with van der Waals surface area (Å²) in [7, 11) is 0. The van der Waals surface area contributed by atoms with E-state index in [0.29, 0.717) is 5.69 Å². The normalized spacial score (nSPS) is 8.44. The number of carbonyl (C=O) groups excluding carboxylic acids is 1.